The maximum Gasteiger partial charge on any atom is 0.263 e. The summed E-state index contributed by atoms with van der Waals surface area (Å²) >= 11 is 0. The summed E-state index contributed by atoms with van der Waals surface area (Å²) in [7, 11) is 3.90. The van der Waals surface area contributed by atoms with Crippen LogP contribution in [0.25, 0.3) is 0 Å². The number of likely N-dealkylation sites (N-methyl/N-ethyl adjacent to an activating group) is 1. The maximum atomic E-state index is 14.5. The molecule has 1 unspecified atom stereocenters. The first-order valence-electron chi connectivity index (χ1n) is 10.6. The Bertz CT molecular complexity index is 961. The number of nitrogens with zero attached hydrogens (tertiary/aromatic N) is 2. The minimum Gasteiger partial charge on any atom is -0.351 e. The molecule has 1 aliphatic carbocycles. The molecule has 1 N–H and O–H groups in total. The average molecular weight is 414 g/mol. The Morgan fingerprint density at radius 2 is 1.90 bits per heavy atom. The average Bonchev–Trinajstić information content (AvgIpc) is 3.16. The van der Waals surface area contributed by atoms with E-state index in [-0.39, 0.29) is 28.9 Å². The highest BCUT2D eigenvalue weighted by molar-refractivity contribution is 5.95. The molecule has 5 nitrogen and oxygen atoms in total. The van der Waals surface area contributed by atoms with Crippen LogP contribution in [0.2, 0.25) is 0 Å². The number of hydrogen-bond acceptors (Lipinski definition) is 3. The fourth-order valence-electron chi connectivity index (χ4n) is 4.70. The van der Waals surface area contributed by atoms with Gasteiger partial charge in [0.1, 0.15) is 11.4 Å². The summed E-state index contributed by atoms with van der Waals surface area (Å²) in [5.74, 6) is -0.615. The first kappa shape index (κ1) is 22.2. The number of aromatic nitrogens is 1. The summed E-state index contributed by atoms with van der Waals surface area (Å²) in [4.78, 5) is 28.2. The van der Waals surface area contributed by atoms with Crippen molar-refractivity contribution in [1.29, 1.82) is 0 Å². The quantitative estimate of drug-likeness (QED) is 0.754. The summed E-state index contributed by atoms with van der Waals surface area (Å²) in [5, 5.41) is 2.97. The molecule has 1 fully saturated rings. The summed E-state index contributed by atoms with van der Waals surface area (Å²) in [5.41, 5.74) is 0.778. The normalized spacial score (nSPS) is 16.6. The van der Waals surface area contributed by atoms with Crippen molar-refractivity contribution in [2.45, 2.75) is 51.0 Å². The fraction of sp³-hybridized carbons (Fsp3) is 0.500. The SMILES string of the molecule is Cc1ccn(C(C)CN(C)C)c(=O)c1C(=O)NCC1(c2ccccc2F)CCCC1. The Hall–Kier alpha value is -2.47. The van der Waals surface area contributed by atoms with E-state index in [1.54, 1.807) is 23.8 Å². The first-order valence-corrected chi connectivity index (χ1v) is 10.6. The van der Waals surface area contributed by atoms with Crippen molar-refractivity contribution in [2.75, 3.05) is 27.2 Å². The minimum absolute atomic E-state index is 0.0563. The van der Waals surface area contributed by atoms with Gasteiger partial charge < -0.3 is 14.8 Å². The van der Waals surface area contributed by atoms with Gasteiger partial charge in [-0.15, -0.1) is 0 Å². The van der Waals surface area contributed by atoms with Crippen molar-refractivity contribution >= 4 is 5.91 Å². The van der Waals surface area contributed by atoms with Gasteiger partial charge in [0, 0.05) is 30.7 Å². The van der Waals surface area contributed by atoms with Gasteiger partial charge >= 0.3 is 0 Å². The number of rotatable bonds is 7. The molecule has 30 heavy (non-hydrogen) atoms. The van der Waals surface area contributed by atoms with Gasteiger partial charge in [0.15, 0.2) is 0 Å². The van der Waals surface area contributed by atoms with Gasteiger partial charge in [-0.3, -0.25) is 9.59 Å². The van der Waals surface area contributed by atoms with E-state index in [1.807, 2.05) is 44.1 Å². The molecule has 2 aromatic rings. The van der Waals surface area contributed by atoms with Crippen molar-refractivity contribution in [3.8, 4) is 0 Å². The number of carbonyl (C=O) groups is 1. The fourth-order valence-corrected chi connectivity index (χ4v) is 4.70. The Labute approximate surface area is 177 Å². The van der Waals surface area contributed by atoms with Gasteiger partial charge in [0.2, 0.25) is 0 Å². The van der Waals surface area contributed by atoms with Crippen LogP contribution in [0.4, 0.5) is 4.39 Å². The number of aryl methyl sites for hydroxylation is 1. The smallest absolute Gasteiger partial charge is 0.263 e. The van der Waals surface area contributed by atoms with E-state index < -0.39 is 5.41 Å². The Morgan fingerprint density at radius 3 is 2.53 bits per heavy atom. The third-order valence-electron chi connectivity index (χ3n) is 6.25. The van der Waals surface area contributed by atoms with Crippen LogP contribution >= 0.6 is 0 Å². The molecule has 162 valence electrons. The largest absolute Gasteiger partial charge is 0.351 e. The molecule has 6 heteroatoms. The van der Waals surface area contributed by atoms with Gasteiger partial charge in [0.05, 0.1) is 0 Å². The highest BCUT2D eigenvalue weighted by Gasteiger charge is 2.38. The van der Waals surface area contributed by atoms with Gasteiger partial charge in [-0.25, -0.2) is 4.39 Å². The van der Waals surface area contributed by atoms with Crippen LogP contribution in [0.1, 0.15) is 60.1 Å². The molecule has 1 saturated carbocycles. The Balaban J connectivity index is 1.85. The Morgan fingerprint density at radius 1 is 1.23 bits per heavy atom. The third kappa shape index (κ3) is 4.48. The Kier molecular flexibility index (Phi) is 6.76. The van der Waals surface area contributed by atoms with E-state index >= 15 is 0 Å². The topological polar surface area (TPSA) is 54.3 Å². The van der Waals surface area contributed by atoms with Crippen molar-refractivity contribution in [1.82, 2.24) is 14.8 Å². The number of amides is 1. The van der Waals surface area contributed by atoms with Crippen molar-refractivity contribution in [2.24, 2.45) is 0 Å². The minimum atomic E-state index is -0.416. The molecule has 0 radical (unpaired) electrons. The van der Waals surface area contributed by atoms with Crippen LogP contribution in [0.3, 0.4) is 0 Å². The highest BCUT2D eigenvalue weighted by Crippen LogP contribution is 2.41. The van der Waals surface area contributed by atoms with E-state index in [4.69, 9.17) is 0 Å². The van der Waals surface area contributed by atoms with E-state index in [1.165, 1.54) is 6.07 Å². The lowest BCUT2D eigenvalue weighted by molar-refractivity contribution is 0.0939. The van der Waals surface area contributed by atoms with Crippen LogP contribution in [-0.2, 0) is 5.41 Å². The van der Waals surface area contributed by atoms with Gasteiger partial charge in [-0.05, 0) is 64.0 Å². The molecule has 1 atom stereocenters. The van der Waals surface area contributed by atoms with Crippen molar-refractivity contribution in [3.05, 3.63) is 69.4 Å². The zero-order chi connectivity index (χ0) is 21.9. The molecule has 0 saturated heterocycles. The third-order valence-corrected chi connectivity index (χ3v) is 6.25. The summed E-state index contributed by atoms with van der Waals surface area (Å²) in [6.07, 6.45) is 5.41. The van der Waals surface area contributed by atoms with E-state index in [9.17, 15) is 14.0 Å². The predicted octanol–water partition coefficient (Wildman–Crippen LogP) is 3.66. The van der Waals surface area contributed by atoms with Gasteiger partial charge in [0.25, 0.3) is 11.5 Å². The van der Waals surface area contributed by atoms with Crippen LogP contribution in [0.5, 0.6) is 0 Å². The highest BCUT2D eigenvalue weighted by atomic mass is 19.1. The number of pyridine rings is 1. The van der Waals surface area contributed by atoms with E-state index in [0.29, 0.717) is 24.2 Å². The summed E-state index contributed by atoms with van der Waals surface area (Å²) < 4.78 is 16.2. The lowest BCUT2D eigenvalue weighted by Gasteiger charge is -2.30. The molecular formula is C24H32FN3O2. The molecule has 3 rings (SSSR count). The molecule has 0 aliphatic heterocycles. The maximum absolute atomic E-state index is 14.5. The number of nitrogens with one attached hydrogen (secondary N) is 1. The second-order valence-electron chi connectivity index (χ2n) is 8.85. The molecule has 0 spiro atoms. The number of hydrogen-bond donors (Lipinski definition) is 1. The molecule has 1 amide bonds. The molecular weight excluding hydrogens is 381 g/mol. The van der Waals surface area contributed by atoms with Gasteiger partial charge in [-0.1, -0.05) is 31.0 Å². The molecule has 0 bridgehead atoms. The number of benzene rings is 1. The number of halogens is 1. The molecule has 1 aliphatic rings. The predicted molar refractivity (Wildman–Crippen MR) is 118 cm³/mol. The van der Waals surface area contributed by atoms with E-state index in [2.05, 4.69) is 5.32 Å². The van der Waals surface area contributed by atoms with Crippen molar-refractivity contribution < 1.29 is 9.18 Å². The zero-order valence-electron chi connectivity index (χ0n) is 18.4. The lowest BCUT2D eigenvalue weighted by atomic mass is 9.78. The molecule has 1 heterocycles. The van der Waals surface area contributed by atoms with Crippen LogP contribution in [-0.4, -0.2) is 42.6 Å². The number of carbonyl (C=O) groups excluding carboxylic acids is 1. The van der Waals surface area contributed by atoms with Crippen LogP contribution < -0.4 is 10.9 Å². The summed E-state index contributed by atoms with van der Waals surface area (Å²) in [6, 6.07) is 8.57. The molecule has 1 aromatic heterocycles. The van der Waals surface area contributed by atoms with Gasteiger partial charge in [-0.2, -0.15) is 0 Å². The second kappa shape index (κ2) is 9.13. The zero-order valence-corrected chi connectivity index (χ0v) is 18.4. The summed E-state index contributed by atoms with van der Waals surface area (Å²) in [6.45, 7) is 4.76. The first-order chi connectivity index (χ1) is 14.2. The van der Waals surface area contributed by atoms with Crippen LogP contribution in [0.15, 0.2) is 41.3 Å². The van der Waals surface area contributed by atoms with Crippen LogP contribution in [0, 0.1) is 12.7 Å². The second-order valence-corrected chi connectivity index (χ2v) is 8.85. The molecule has 1 aromatic carbocycles. The standard InChI is InChI=1S/C24H32FN3O2/c1-17-11-14-28(18(2)15-27(3)4)23(30)21(17)22(29)26-16-24(12-7-8-13-24)19-9-5-6-10-20(19)25/h5-6,9-11,14,18H,7-8,12-13,15-16H2,1-4H3,(H,26,29). The lowest BCUT2D eigenvalue weighted by Crippen LogP contribution is -2.42. The van der Waals surface area contributed by atoms with Crippen molar-refractivity contribution in [3.63, 3.8) is 0 Å². The monoisotopic (exact) mass is 413 g/mol. The van der Waals surface area contributed by atoms with E-state index in [0.717, 1.165) is 25.7 Å².